The second-order valence-corrected chi connectivity index (χ2v) is 5.21. The molecule has 0 aromatic rings. The third kappa shape index (κ3) is 2.81. The minimum Gasteiger partial charge on any atom is -0.319 e. The number of ketones is 1. The fraction of sp³-hybridized carbons (Fsp3) is 0.917. The Kier molecular flexibility index (Phi) is 3.71. The van der Waals surface area contributed by atoms with Crippen LogP contribution >= 0.6 is 0 Å². The molecule has 2 heteroatoms. The van der Waals surface area contributed by atoms with Crippen LogP contribution in [0.5, 0.6) is 0 Å². The molecule has 0 bridgehead atoms. The Morgan fingerprint density at radius 2 is 1.79 bits per heavy atom. The molecule has 0 saturated heterocycles. The van der Waals surface area contributed by atoms with Gasteiger partial charge in [-0.05, 0) is 45.4 Å². The Morgan fingerprint density at radius 3 is 2.14 bits per heavy atom. The van der Waals surface area contributed by atoms with Crippen molar-refractivity contribution in [2.75, 3.05) is 0 Å². The van der Waals surface area contributed by atoms with Gasteiger partial charge in [-0.1, -0.05) is 13.3 Å². The van der Waals surface area contributed by atoms with Crippen LogP contribution in [0.2, 0.25) is 0 Å². The average Bonchev–Trinajstić information content (AvgIpc) is 2.15. The summed E-state index contributed by atoms with van der Waals surface area (Å²) in [5, 5.41) is 0. The molecule has 1 aliphatic rings. The van der Waals surface area contributed by atoms with Crippen molar-refractivity contribution < 1.29 is 4.79 Å². The molecule has 14 heavy (non-hydrogen) atoms. The van der Waals surface area contributed by atoms with Gasteiger partial charge in [0.05, 0.1) is 5.54 Å². The first-order chi connectivity index (χ1) is 6.45. The summed E-state index contributed by atoms with van der Waals surface area (Å²) < 4.78 is 0. The molecule has 0 amide bonds. The topological polar surface area (TPSA) is 43.1 Å². The van der Waals surface area contributed by atoms with Gasteiger partial charge in [-0.15, -0.1) is 0 Å². The van der Waals surface area contributed by atoms with E-state index in [-0.39, 0.29) is 11.7 Å². The molecular formula is C12H23NO. The second-order valence-electron chi connectivity index (χ2n) is 5.21. The molecule has 2 N–H and O–H groups in total. The number of carbonyl (C=O) groups is 1. The van der Waals surface area contributed by atoms with Crippen LogP contribution in [-0.2, 0) is 4.79 Å². The van der Waals surface area contributed by atoms with E-state index in [1.165, 1.54) is 19.3 Å². The Bertz CT molecular complexity index is 197. The van der Waals surface area contributed by atoms with Crippen LogP contribution in [0.1, 0.15) is 52.9 Å². The van der Waals surface area contributed by atoms with Gasteiger partial charge in [-0.25, -0.2) is 0 Å². The second kappa shape index (κ2) is 4.43. The minimum atomic E-state index is -0.635. The molecule has 0 aliphatic heterocycles. The van der Waals surface area contributed by atoms with E-state index in [0.29, 0.717) is 0 Å². The average molecular weight is 197 g/mol. The van der Waals surface area contributed by atoms with Crippen LogP contribution in [0.3, 0.4) is 0 Å². The lowest BCUT2D eigenvalue weighted by atomic mass is 9.75. The number of carbonyl (C=O) groups excluding carboxylic acids is 1. The molecule has 0 unspecified atom stereocenters. The van der Waals surface area contributed by atoms with Crippen molar-refractivity contribution in [3.05, 3.63) is 0 Å². The molecule has 0 spiro atoms. The van der Waals surface area contributed by atoms with Gasteiger partial charge in [-0.2, -0.15) is 0 Å². The van der Waals surface area contributed by atoms with E-state index < -0.39 is 5.54 Å². The van der Waals surface area contributed by atoms with Gasteiger partial charge in [0.1, 0.15) is 0 Å². The normalized spacial score (nSPS) is 28.9. The van der Waals surface area contributed by atoms with Crippen molar-refractivity contribution in [1.29, 1.82) is 0 Å². The van der Waals surface area contributed by atoms with Gasteiger partial charge >= 0.3 is 0 Å². The minimum absolute atomic E-state index is 0.234. The van der Waals surface area contributed by atoms with Crippen molar-refractivity contribution in [3.63, 3.8) is 0 Å². The quantitative estimate of drug-likeness (QED) is 0.755. The van der Waals surface area contributed by atoms with E-state index in [1.807, 2.05) is 13.8 Å². The van der Waals surface area contributed by atoms with Gasteiger partial charge in [0.15, 0.2) is 5.78 Å². The third-order valence-corrected chi connectivity index (χ3v) is 3.43. The van der Waals surface area contributed by atoms with Gasteiger partial charge < -0.3 is 5.73 Å². The van der Waals surface area contributed by atoms with Gasteiger partial charge in [0, 0.05) is 5.92 Å². The van der Waals surface area contributed by atoms with Crippen LogP contribution < -0.4 is 5.73 Å². The molecule has 1 fully saturated rings. The van der Waals surface area contributed by atoms with Crippen molar-refractivity contribution in [1.82, 2.24) is 0 Å². The molecule has 2 nitrogen and oxygen atoms in total. The van der Waals surface area contributed by atoms with E-state index in [2.05, 4.69) is 6.92 Å². The fourth-order valence-corrected chi connectivity index (χ4v) is 2.36. The van der Waals surface area contributed by atoms with E-state index in [4.69, 9.17) is 5.73 Å². The smallest absolute Gasteiger partial charge is 0.155 e. The van der Waals surface area contributed by atoms with Crippen molar-refractivity contribution in [2.24, 2.45) is 17.6 Å². The molecule has 0 atom stereocenters. The zero-order chi connectivity index (χ0) is 10.8. The van der Waals surface area contributed by atoms with Crippen LogP contribution in [-0.4, -0.2) is 11.3 Å². The SMILES string of the molecule is CCC1CCC(C(=O)C(C)(C)N)CC1. The largest absolute Gasteiger partial charge is 0.319 e. The van der Waals surface area contributed by atoms with Gasteiger partial charge in [0.2, 0.25) is 0 Å². The molecule has 1 saturated carbocycles. The van der Waals surface area contributed by atoms with Gasteiger partial charge in [-0.3, -0.25) is 4.79 Å². The molecule has 0 heterocycles. The van der Waals surface area contributed by atoms with Crippen molar-refractivity contribution in [3.8, 4) is 0 Å². The summed E-state index contributed by atoms with van der Waals surface area (Å²) >= 11 is 0. The zero-order valence-electron chi connectivity index (χ0n) is 9.68. The number of rotatable bonds is 3. The molecule has 0 radical (unpaired) electrons. The summed E-state index contributed by atoms with van der Waals surface area (Å²) in [4.78, 5) is 11.9. The van der Waals surface area contributed by atoms with Crippen LogP contribution in [0.25, 0.3) is 0 Å². The molecule has 0 aromatic carbocycles. The maximum absolute atomic E-state index is 11.9. The highest BCUT2D eigenvalue weighted by Crippen LogP contribution is 2.32. The van der Waals surface area contributed by atoms with Crippen molar-refractivity contribution in [2.45, 2.75) is 58.4 Å². The first kappa shape index (κ1) is 11.7. The highest BCUT2D eigenvalue weighted by Gasteiger charge is 2.32. The number of hydrogen-bond acceptors (Lipinski definition) is 2. The Labute approximate surface area is 87.2 Å². The summed E-state index contributed by atoms with van der Waals surface area (Å²) in [5.74, 6) is 1.34. The Balaban J connectivity index is 2.46. The fourth-order valence-electron chi connectivity index (χ4n) is 2.36. The summed E-state index contributed by atoms with van der Waals surface area (Å²) in [6.45, 7) is 5.88. The predicted octanol–water partition coefficient (Wildman–Crippen LogP) is 2.51. The maximum Gasteiger partial charge on any atom is 0.155 e. The lowest BCUT2D eigenvalue weighted by Gasteiger charge is -2.30. The van der Waals surface area contributed by atoms with Crippen LogP contribution in [0.15, 0.2) is 0 Å². The summed E-state index contributed by atoms with van der Waals surface area (Å²) in [5.41, 5.74) is 5.19. The van der Waals surface area contributed by atoms with E-state index in [1.54, 1.807) is 0 Å². The molecule has 1 aliphatic carbocycles. The lowest BCUT2D eigenvalue weighted by molar-refractivity contribution is -0.128. The summed E-state index contributed by atoms with van der Waals surface area (Å²) in [6, 6.07) is 0. The Morgan fingerprint density at radius 1 is 1.29 bits per heavy atom. The predicted molar refractivity (Wildman–Crippen MR) is 59.0 cm³/mol. The molecular weight excluding hydrogens is 174 g/mol. The number of nitrogens with two attached hydrogens (primary N) is 1. The van der Waals surface area contributed by atoms with E-state index >= 15 is 0 Å². The van der Waals surface area contributed by atoms with E-state index in [9.17, 15) is 4.79 Å². The van der Waals surface area contributed by atoms with Crippen LogP contribution in [0, 0.1) is 11.8 Å². The van der Waals surface area contributed by atoms with Crippen molar-refractivity contribution >= 4 is 5.78 Å². The monoisotopic (exact) mass is 197 g/mol. The van der Waals surface area contributed by atoms with E-state index in [0.717, 1.165) is 18.8 Å². The summed E-state index contributed by atoms with van der Waals surface area (Å²) in [6.07, 6.45) is 5.79. The number of hydrogen-bond donors (Lipinski definition) is 1. The third-order valence-electron chi connectivity index (χ3n) is 3.43. The molecule has 82 valence electrons. The standard InChI is InChI=1S/C12H23NO/c1-4-9-5-7-10(8-6-9)11(14)12(2,3)13/h9-10H,4-8,13H2,1-3H3. The highest BCUT2D eigenvalue weighted by molar-refractivity contribution is 5.89. The zero-order valence-corrected chi connectivity index (χ0v) is 9.68. The lowest BCUT2D eigenvalue weighted by Crippen LogP contribution is -2.46. The molecule has 1 rings (SSSR count). The maximum atomic E-state index is 11.9. The first-order valence-corrected chi connectivity index (χ1v) is 5.78. The highest BCUT2D eigenvalue weighted by atomic mass is 16.1. The molecule has 0 aromatic heterocycles. The first-order valence-electron chi connectivity index (χ1n) is 5.78. The Hall–Kier alpha value is -0.370. The number of Topliss-reactive ketones (excluding diaryl/α,β-unsaturated/α-hetero) is 1. The summed E-state index contributed by atoms with van der Waals surface area (Å²) in [7, 11) is 0. The van der Waals surface area contributed by atoms with Gasteiger partial charge in [0.25, 0.3) is 0 Å². The van der Waals surface area contributed by atoms with Crippen LogP contribution in [0.4, 0.5) is 0 Å².